The van der Waals surface area contributed by atoms with Crippen molar-refractivity contribution in [2.24, 2.45) is 11.3 Å². The number of carbonyl (C=O) groups is 1. The largest absolute Gasteiger partial charge is 0.352 e. The number of carbonyl (C=O) groups excluding carboxylic acids is 1. The first-order valence-electron chi connectivity index (χ1n) is 9.14. The minimum atomic E-state index is -3.50. The number of sulfonamides is 1. The molecule has 1 N–H and O–H groups in total. The van der Waals surface area contributed by atoms with Gasteiger partial charge in [-0.25, -0.2) is 8.42 Å². The Morgan fingerprint density at radius 2 is 2.07 bits per heavy atom. The van der Waals surface area contributed by atoms with Crippen molar-refractivity contribution in [1.82, 2.24) is 14.6 Å². The highest BCUT2D eigenvalue weighted by Crippen LogP contribution is 2.59. The first-order valence-corrected chi connectivity index (χ1v) is 10.6. The van der Waals surface area contributed by atoms with E-state index in [0.29, 0.717) is 24.5 Å². The maximum absolute atomic E-state index is 12.9. The molecule has 1 amide bonds. The molecule has 2 aromatic rings. The van der Waals surface area contributed by atoms with Crippen LogP contribution in [0, 0.1) is 18.3 Å². The highest BCUT2D eigenvalue weighted by molar-refractivity contribution is 7.89. The zero-order valence-electron chi connectivity index (χ0n) is 15.3. The van der Waals surface area contributed by atoms with Crippen molar-refractivity contribution in [2.45, 2.75) is 31.2 Å². The molecule has 1 aromatic heterocycles. The van der Waals surface area contributed by atoms with Gasteiger partial charge in [-0.3, -0.25) is 9.78 Å². The fraction of sp³-hybridized carbons (Fsp3) is 0.400. The summed E-state index contributed by atoms with van der Waals surface area (Å²) in [6.45, 7) is 3.26. The van der Waals surface area contributed by atoms with Gasteiger partial charge in [0.05, 0.1) is 4.90 Å². The lowest BCUT2D eigenvalue weighted by Crippen LogP contribution is -2.31. The zero-order chi connectivity index (χ0) is 19.1. The molecule has 7 heteroatoms. The molecule has 0 bridgehead atoms. The van der Waals surface area contributed by atoms with Gasteiger partial charge in [0.25, 0.3) is 0 Å². The molecule has 0 radical (unpaired) electrons. The molecule has 27 heavy (non-hydrogen) atoms. The van der Waals surface area contributed by atoms with Crippen LogP contribution in [0.4, 0.5) is 0 Å². The van der Waals surface area contributed by atoms with E-state index in [4.69, 9.17) is 0 Å². The summed E-state index contributed by atoms with van der Waals surface area (Å²) in [5.41, 5.74) is 1.73. The number of rotatable bonds is 5. The van der Waals surface area contributed by atoms with Crippen LogP contribution in [-0.2, 0) is 21.4 Å². The molecule has 4 rings (SSSR count). The normalized spacial score (nSPS) is 24.9. The first kappa shape index (κ1) is 18.1. The monoisotopic (exact) mass is 385 g/mol. The molecule has 1 aromatic carbocycles. The molecular formula is C20H23N3O3S. The molecule has 1 aliphatic carbocycles. The Labute approximate surface area is 159 Å². The first-order chi connectivity index (χ1) is 12.9. The van der Waals surface area contributed by atoms with Crippen LogP contribution in [-0.4, -0.2) is 36.7 Å². The second kappa shape index (κ2) is 6.73. The Hall–Kier alpha value is -2.25. The topological polar surface area (TPSA) is 79.4 Å². The second-order valence-electron chi connectivity index (χ2n) is 7.60. The van der Waals surface area contributed by atoms with Gasteiger partial charge in [0, 0.05) is 37.9 Å². The molecule has 2 heterocycles. The van der Waals surface area contributed by atoms with E-state index in [1.54, 1.807) is 30.6 Å². The van der Waals surface area contributed by atoms with E-state index in [-0.39, 0.29) is 17.2 Å². The van der Waals surface area contributed by atoms with Gasteiger partial charge in [-0.2, -0.15) is 4.31 Å². The van der Waals surface area contributed by atoms with Crippen LogP contribution in [0.25, 0.3) is 0 Å². The highest BCUT2D eigenvalue weighted by Gasteiger charge is 2.62. The smallest absolute Gasteiger partial charge is 0.243 e. The molecule has 2 aliphatic rings. The van der Waals surface area contributed by atoms with Gasteiger partial charge >= 0.3 is 0 Å². The fourth-order valence-corrected chi connectivity index (χ4v) is 5.61. The van der Waals surface area contributed by atoms with E-state index < -0.39 is 10.0 Å². The lowest BCUT2D eigenvalue weighted by atomic mass is 10.0. The summed E-state index contributed by atoms with van der Waals surface area (Å²) < 4.78 is 27.4. The predicted octanol–water partition coefficient (Wildman–Crippen LogP) is 2.11. The Bertz CT molecular complexity index is 961. The molecule has 6 nitrogen and oxygen atoms in total. The van der Waals surface area contributed by atoms with Crippen LogP contribution in [0.3, 0.4) is 0 Å². The van der Waals surface area contributed by atoms with E-state index in [9.17, 15) is 13.2 Å². The molecule has 1 aliphatic heterocycles. The minimum Gasteiger partial charge on any atom is -0.352 e. The number of nitrogens with one attached hydrogen (secondary N) is 1. The van der Waals surface area contributed by atoms with Crippen LogP contribution >= 0.6 is 0 Å². The number of pyridine rings is 1. The summed E-state index contributed by atoms with van der Waals surface area (Å²) in [6, 6.07) is 10.7. The quantitative estimate of drug-likeness (QED) is 0.855. The molecule has 2 fully saturated rings. The average molecular weight is 385 g/mol. The van der Waals surface area contributed by atoms with Crippen molar-refractivity contribution in [3.8, 4) is 0 Å². The van der Waals surface area contributed by atoms with Crippen LogP contribution in [0.1, 0.15) is 24.0 Å². The van der Waals surface area contributed by atoms with Crippen molar-refractivity contribution in [1.29, 1.82) is 0 Å². The van der Waals surface area contributed by atoms with Gasteiger partial charge in [0.2, 0.25) is 15.9 Å². The number of hydrogen-bond acceptors (Lipinski definition) is 4. The third-order valence-corrected chi connectivity index (χ3v) is 7.54. The second-order valence-corrected chi connectivity index (χ2v) is 9.54. The Morgan fingerprint density at radius 3 is 2.81 bits per heavy atom. The molecule has 1 spiro atoms. The number of amides is 1. The number of aryl methyl sites for hydroxylation is 1. The third kappa shape index (κ3) is 3.49. The van der Waals surface area contributed by atoms with Crippen molar-refractivity contribution >= 4 is 15.9 Å². The lowest BCUT2D eigenvalue weighted by molar-refractivity contribution is -0.123. The van der Waals surface area contributed by atoms with Crippen molar-refractivity contribution in [3.63, 3.8) is 0 Å². The molecule has 0 unspecified atom stereocenters. The molecular weight excluding hydrogens is 362 g/mol. The van der Waals surface area contributed by atoms with E-state index >= 15 is 0 Å². The molecule has 2 atom stereocenters. The van der Waals surface area contributed by atoms with Gasteiger partial charge in [0.1, 0.15) is 0 Å². The number of nitrogens with zero attached hydrogens (tertiary/aromatic N) is 2. The van der Waals surface area contributed by atoms with Crippen LogP contribution in [0.5, 0.6) is 0 Å². The summed E-state index contributed by atoms with van der Waals surface area (Å²) in [7, 11) is -3.50. The van der Waals surface area contributed by atoms with Gasteiger partial charge < -0.3 is 5.32 Å². The standard InChI is InChI=1S/C20H23N3O3S/c1-15-3-2-4-17(11-15)27(25,26)23-10-7-20(14-23)12-18(20)19(24)22-13-16-5-8-21-9-6-16/h2-6,8-9,11,18H,7,10,12-14H2,1H3,(H,22,24)/t18-,20+/m0/s1. The molecule has 142 valence electrons. The average Bonchev–Trinajstić information content (AvgIpc) is 3.19. The van der Waals surface area contributed by atoms with Gasteiger partial charge in [-0.1, -0.05) is 12.1 Å². The summed E-state index contributed by atoms with van der Waals surface area (Å²) in [4.78, 5) is 16.8. The van der Waals surface area contributed by atoms with E-state index in [1.165, 1.54) is 4.31 Å². The summed E-state index contributed by atoms with van der Waals surface area (Å²) in [5, 5.41) is 2.97. The SMILES string of the molecule is Cc1cccc(S(=O)(=O)N2CC[C@@]3(C[C@H]3C(=O)NCc3ccncc3)C2)c1. The van der Waals surface area contributed by atoms with Gasteiger partial charge in [-0.15, -0.1) is 0 Å². The Morgan fingerprint density at radius 1 is 1.30 bits per heavy atom. The lowest BCUT2D eigenvalue weighted by Gasteiger charge is -2.17. The van der Waals surface area contributed by atoms with Gasteiger partial charge in [-0.05, 0) is 60.6 Å². The summed E-state index contributed by atoms with van der Waals surface area (Å²) >= 11 is 0. The maximum Gasteiger partial charge on any atom is 0.243 e. The summed E-state index contributed by atoms with van der Waals surface area (Å²) in [6.07, 6.45) is 4.90. The maximum atomic E-state index is 12.9. The van der Waals surface area contributed by atoms with Crippen LogP contribution in [0.15, 0.2) is 53.7 Å². The van der Waals surface area contributed by atoms with Crippen LogP contribution in [0.2, 0.25) is 0 Å². The molecule has 1 saturated heterocycles. The number of benzene rings is 1. The van der Waals surface area contributed by atoms with E-state index in [0.717, 1.165) is 24.0 Å². The zero-order valence-corrected chi connectivity index (χ0v) is 16.1. The Kier molecular flexibility index (Phi) is 4.52. The summed E-state index contributed by atoms with van der Waals surface area (Å²) in [5.74, 6) is -0.0846. The van der Waals surface area contributed by atoms with Crippen LogP contribution < -0.4 is 5.32 Å². The van der Waals surface area contributed by atoms with E-state index in [2.05, 4.69) is 10.3 Å². The minimum absolute atomic E-state index is 0.0154. The third-order valence-electron chi connectivity index (χ3n) is 5.70. The van der Waals surface area contributed by atoms with E-state index in [1.807, 2.05) is 25.1 Å². The number of hydrogen-bond donors (Lipinski definition) is 1. The number of aromatic nitrogens is 1. The predicted molar refractivity (Wildman–Crippen MR) is 101 cm³/mol. The Balaban J connectivity index is 1.39. The molecule has 1 saturated carbocycles. The fourth-order valence-electron chi connectivity index (χ4n) is 3.97. The van der Waals surface area contributed by atoms with Gasteiger partial charge in [0.15, 0.2) is 0 Å². The highest BCUT2D eigenvalue weighted by atomic mass is 32.2. The van der Waals surface area contributed by atoms with Crippen molar-refractivity contribution < 1.29 is 13.2 Å². The van der Waals surface area contributed by atoms with Crippen molar-refractivity contribution in [2.75, 3.05) is 13.1 Å². The van der Waals surface area contributed by atoms with Crippen molar-refractivity contribution in [3.05, 3.63) is 59.9 Å².